The largest absolute Gasteiger partial charge is 0.488 e. The number of aromatic nitrogens is 4. The molecule has 0 radical (unpaired) electrons. The zero-order valence-corrected chi connectivity index (χ0v) is 28.1. The molecule has 1 atom stereocenters. The minimum Gasteiger partial charge on any atom is -0.488 e. The SMILES string of the molecule is CCCC(=O)N(Cc1ncc(-c2ccc3c(c2)COc2cc4c(ccc5[nH]c(CN(CCC)C(=O)CNC)nc54)cc2-3)[nH]1)[C@@H](C)CC. The lowest BCUT2D eigenvalue weighted by molar-refractivity contribution is -0.134. The van der Waals surface area contributed by atoms with Gasteiger partial charge in [-0.3, -0.25) is 9.59 Å². The number of carbonyl (C=O) groups is 2. The molecule has 3 aromatic carbocycles. The summed E-state index contributed by atoms with van der Waals surface area (Å²) in [7, 11) is 1.78. The van der Waals surface area contributed by atoms with E-state index < -0.39 is 0 Å². The summed E-state index contributed by atoms with van der Waals surface area (Å²) >= 11 is 0. The van der Waals surface area contributed by atoms with Crippen molar-refractivity contribution >= 4 is 33.6 Å². The van der Waals surface area contributed by atoms with Crippen LogP contribution in [-0.2, 0) is 29.3 Å². The number of H-pyrrole nitrogens is 2. The van der Waals surface area contributed by atoms with Crippen molar-refractivity contribution < 1.29 is 14.3 Å². The maximum absolute atomic E-state index is 12.8. The highest BCUT2D eigenvalue weighted by molar-refractivity contribution is 6.07. The predicted octanol–water partition coefficient (Wildman–Crippen LogP) is 6.55. The number of imidazole rings is 2. The van der Waals surface area contributed by atoms with Crippen molar-refractivity contribution in [3.8, 4) is 28.1 Å². The van der Waals surface area contributed by atoms with Gasteiger partial charge in [-0.15, -0.1) is 0 Å². The second-order valence-electron chi connectivity index (χ2n) is 12.5. The Balaban J connectivity index is 1.26. The van der Waals surface area contributed by atoms with Crippen LogP contribution in [0.2, 0.25) is 0 Å². The fraction of sp³-hybridized carbons (Fsp3) is 0.405. The van der Waals surface area contributed by atoms with Crippen molar-refractivity contribution in [1.29, 1.82) is 0 Å². The lowest BCUT2D eigenvalue weighted by Crippen LogP contribution is -2.37. The van der Waals surface area contributed by atoms with Gasteiger partial charge in [0.15, 0.2) is 0 Å². The van der Waals surface area contributed by atoms with Crippen molar-refractivity contribution in [2.24, 2.45) is 0 Å². The first kappa shape index (κ1) is 32.2. The van der Waals surface area contributed by atoms with Gasteiger partial charge < -0.3 is 29.8 Å². The number of hydrogen-bond donors (Lipinski definition) is 3. The molecule has 0 saturated heterocycles. The number of nitrogens with zero attached hydrogens (tertiary/aromatic N) is 4. The number of nitrogens with one attached hydrogen (secondary N) is 3. The monoisotopic (exact) mass is 635 g/mol. The molecule has 3 heterocycles. The van der Waals surface area contributed by atoms with Gasteiger partial charge in [0.05, 0.1) is 42.6 Å². The van der Waals surface area contributed by atoms with E-state index in [9.17, 15) is 9.59 Å². The Kier molecular flexibility index (Phi) is 9.58. The van der Waals surface area contributed by atoms with Gasteiger partial charge in [-0.2, -0.15) is 0 Å². The Morgan fingerprint density at radius 1 is 0.979 bits per heavy atom. The first-order valence-electron chi connectivity index (χ1n) is 16.8. The number of likely N-dealkylation sites (N-methyl/N-ethyl adjacent to an activating group) is 1. The number of carbonyl (C=O) groups excluding carboxylic acids is 2. The van der Waals surface area contributed by atoms with Gasteiger partial charge in [-0.25, -0.2) is 9.97 Å². The summed E-state index contributed by atoms with van der Waals surface area (Å²) in [5.41, 5.74) is 7.06. The third-order valence-corrected chi connectivity index (χ3v) is 9.08. The van der Waals surface area contributed by atoms with Gasteiger partial charge in [0.25, 0.3) is 0 Å². The van der Waals surface area contributed by atoms with Crippen LogP contribution in [0.15, 0.2) is 48.7 Å². The standard InChI is InChI=1S/C37H45N7O3/c1-6-9-35(45)44(23(4)8-3)21-33-39-18-31(41-33)25-10-12-27-26(15-25)22-47-32-17-28-24(16-29(27)32)11-13-30-37(28)42-34(40-30)20-43(14-7-2)36(46)19-38-5/h10-13,15-18,23,38H,6-9,14,19-22H2,1-5H3,(H,39,41)(H,40,42)/t23-/m0/s1. The van der Waals surface area contributed by atoms with E-state index >= 15 is 0 Å². The van der Waals surface area contributed by atoms with Gasteiger partial charge in [0.2, 0.25) is 11.8 Å². The van der Waals surface area contributed by atoms with Crippen molar-refractivity contribution in [2.45, 2.75) is 79.1 Å². The van der Waals surface area contributed by atoms with E-state index in [2.05, 4.69) is 83.5 Å². The fourth-order valence-corrected chi connectivity index (χ4v) is 6.40. The number of hydrogen-bond acceptors (Lipinski definition) is 6. The molecule has 2 aromatic heterocycles. The molecule has 10 nitrogen and oxygen atoms in total. The van der Waals surface area contributed by atoms with Crippen LogP contribution < -0.4 is 10.1 Å². The Morgan fingerprint density at radius 3 is 2.60 bits per heavy atom. The molecule has 3 N–H and O–H groups in total. The first-order chi connectivity index (χ1) is 22.8. The zero-order valence-electron chi connectivity index (χ0n) is 28.1. The highest BCUT2D eigenvalue weighted by atomic mass is 16.5. The average Bonchev–Trinajstić information content (AvgIpc) is 3.73. The minimum absolute atomic E-state index is 0.0593. The normalized spacial score (nSPS) is 12.9. The van der Waals surface area contributed by atoms with E-state index in [1.165, 1.54) is 0 Å². The van der Waals surface area contributed by atoms with E-state index in [0.717, 1.165) is 86.4 Å². The van der Waals surface area contributed by atoms with Crippen LogP contribution in [0, 0.1) is 0 Å². The fourth-order valence-electron chi connectivity index (χ4n) is 6.40. The number of rotatable bonds is 13. The predicted molar refractivity (Wildman–Crippen MR) is 186 cm³/mol. The molecule has 6 rings (SSSR count). The van der Waals surface area contributed by atoms with Crippen LogP contribution in [0.25, 0.3) is 44.2 Å². The Morgan fingerprint density at radius 2 is 1.83 bits per heavy atom. The van der Waals surface area contributed by atoms with Crippen molar-refractivity contribution in [2.75, 3.05) is 20.1 Å². The molecule has 246 valence electrons. The maximum atomic E-state index is 12.8. The summed E-state index contributed by atoms with van der Waals surface area (Å²) in [5.74, 6) is 2.61. The molecule has 10 heteroatoms. The number of benzene rings is 3. The molecule has 0 saturated carbocycles. The lowest BCUT2D eigenvalue weighted by Gasteiger charge is -2.27. The van der Waals surface area contributed by atoms with Crippen LogP contribution in [0.5, 0.6) is 5.75 Å². The number of aromatic amines is 2. The molecule has 0 bridgehead atoms. The Hall–Kier alpha value is -4.70. The van der Waals surface area contributed by atoms with E-state index in [1.54, 1.807) is 7.05 Å². The van der Waals surface area contributed by atoms with Gasteiger partial charge in [-0.1, -0.05) is 39.0 Å². The second-order valence-corrected chi connectivity index (χ2v) is 12.5. The lowest BCUT2D eigenvalue weighted by atomic mass is 9.92. The minimum atomic E-state index is 0.0593. The maximum Gasteiger partial charge on any atom is 0.236 e. The molecule has 0 fully saturated rings. The number of fused-ring (bicyclic) bond motifs is 6. The molecule has 0 spiro atoms. The molecular weight excluding hydrogens is 590 g/mol. The van der Waals surface area contributed by atoms with Gasteiger partial charge in [0.1, 0.15) is 24.0 Å². The average molecular weight is 636 g/mol. The van der Waals surface area contributed by atoms with Gasteiger partial charge in [0, 0.05) is 30.0 Å². The molecule has 2 amide bonds. The summed E-state index contributed by atoms with van der Waals surface area (Å²) in [6, 6.07) is 15.0. The number of ether oxygens (including phenoxy) is 1. The van der Waals surface area contributed by atoms with Crippen molar-refractivity contribution in [1.82, 2.24) is 35.1 Å². The van der Waals surface area contributed by atoms with Crippen LogP contribution in [-0.4, -0.2) is 67.7 Å². The third-order valence-electron chi connectivity index (χ3n) is 9.08. The zero-order chi connectivity index (χ0) is 33.1. The van der Waals surface area contributed by atoms with Crippen molar-refractivity contribution in [3.63, 3.8) is 0 Å². The van der Waals surface area contributed by atoms with E-state index in [-0.39, 0.29) is 17.9 Å². The summed E-state index contributed by atoms with van der Waals surface area (Å²) in [6.45, 7) is 10.6. The molecular formula is C37H45N7O3. The van der Waals surface area contributed by atoms with E-state index in [1.807, 2.05) is 22.9 Å². The Labute approximate surface area is 275 Å². The summed E-state index contributed by atoms with van der Waals surface area (Å²) in [6.07, 6.45) is 5.01. The summed E-state index contributed by atoms with van der Waals surface area (Å²) in [4.78, 5) is 45.6. The summed E-state index contributed by atoms with van der Waals surface area (Å²) < 4.78 is 6.34. The topological polar surface area (TPSA) is 119 Å². The number of amides is 2. The molecule has 47 heavy (non-hydrogen) atoms. The molecule has 5 aromatic rings. The summed E-state index contributed by atoms with van der Waals surface area (Å²) in [5, 5.41) is 5.05. The molecule has 0 aliphatic carbocycles. The molecule has 1 aliphatic heterocycles. The highest BCUT2D eigenvalue weighted by Gasteiger charge is 2.23. The Bertz CT molecular complexity index is 1910. The quantitative estimate of drug-likeness (QED) is 0.135. The van der Waals surface area contributed by atoms with Gasteiger partial charge >= 0.3 is 0 Å². The first-order valence-corrected chi connectivity index (χ1v) is 16.8. The molecule has 1 aliphatic rings. The third kappa shape index (κ3) is 6.60. The van der Waals surface area contributed by atoms with E-state index in [0.29, 0.717) is 39.2 Å². The van der Waals surface area contributed by atoms with Crippen molar-refractivity contribution in [3.05, 3.63) is 65.9 Å². The van der Waals surface area contributed by atoms with Crippen LogP contribution in [0.1, 0.15) is 70.6 Å². The van der Waals surface area contributed by atoms with E-state index in [4.69, 9.17) is 9.72 Å². The van der Waals surface area contributed by atoms with Gasteiger partial charge in [-0.05, 0) is 79.6 Å². The molecule has 0 unspecified atom stereocenters. The second kappa shape index (κ2) is 14.0. The van der Waals surface area contributed by atoms with Crippen LogP contribution >= 0.6 is 0 Å². The van der Waals surface area contributed by atoms with Crippen LogP contribution in [0.4, 0.5) is 0 Å². The van der Waals surface area contributed by atoms with Crippen LogP contribution in [0.3, 0.4) is 0 Å². The highest BCUT2D eigenvalue weighted by Crippen LogP contribution is 2.42. The smallest absolute Gasteiger partial charge is 0.236 e.